The first-order valence-electron chi connectivity index (χ1n) is 11.3. The lowest BCUT2D eigenvalue weighted by Crippen LogP contribution is -2.65. The molecule has 0 aromatic carbocycles. The maximum Gasteiger partial charge on any atom is 0.325 e. The fourth-order valence-corrected chi connectivity index (χ4v) is 3.64. The van der Waals surface area contributed by atoms with Crippen LogP contribution in [0.25, 0.3) is 0 Å². The van der Waals surface area contributed by atoms with Crippen LogP contribution in [0.5, 0.6) is 0 Å². The molecule has 2 amide bonds. The highest BCUT2D eigenvalue weighted by Crippen LogP contribution is 2.30. The third-order valence-corrected chi connectivity index (χ3v) is 6.00. The van der Waals surface area contributed by atoms with E-state index in [2.05, 4.69) is 20.8 Å². The summed E-state index contributed by atoms with van der Waals surface area (Å²) in [6, 6.07) is -2.86. The molecule has 0 saturated carbocycles. The maximum absolute atomic E-state index is 12.3. The van der Waals surface area contributed by atoms with Gasteiger partial charge >= 0.3 is 5.97 Å². The van der Waals surface area contributed by atoms with Gasteiger partial charge in [-0.1, -0.05) is 6.42 Å². The number of amides is 2. The van der Waals surface area contributed by atoms with Crippen LogP contribution in [0, 0.1) is 0 Å². The maximum atomic E-state index is 12.3. The minimum Gasteiger partial charge on any atom is -0.480 e. The minimum absolute atomic E-state index is 0.122. The zero-order chi connectivity index (χ0) is 26.8. The molecule has 0 aromatic heterocycles. The summed E-state index contributed by atoms with van der Waals surface area (Å²) in [5.41, 5.74) is 0. The summed E-state index contributed by atoms with van der Waals surface area (Å²) >= 11 is 5.65. The third-order valence-electron chi connectivity index (χ3n) is 5.74. The Kier molecular flexibility index (Phi) is 13.3. The van der Waals surface area contributed by atoms with Gasteiger partial charge in [0.2, 0.25) is 11.8 Å². The molecule has 1 saturated heterocycles. The zero-order valence-electron chi connectivity index (χ0n) is 19.7. The van der Waals surface area contributed by atoms with Crippen molar-refractivity contribution < 1.29 is 49.8 Å². The van der Waals surface area contributed by atoms with Gasteiger partial charge in [-0.15, -0.1) is 0 Å². The molecule has 0 spiro atoms. The van der Waals surface area contributed by atoms with E-state index in [1.165, 1.54) is 13.8 Å². The Balaban J connectivity index is 2.33. The Morgan fingerprint density at radius 3 is 2.20 bits per heavy atom. The molecule has 0 aliphatic carbocycles. The summed E-state index contributed by atoms with van der Waals surface area (Å²) in [5, 5.41) is 65.9. The summed E-state index contributed by atoms with van der Waals surface area (Å²) in [6.07, 6.45) is -4.82. The first-order valence-corrected chi connectivity index (χ1v) is 11.7. The molecule has 0 bridgehead atoms. The van der Waals surface area contributed by atoms with E-state index in [1.54, 1.807) is 0 Å². The Bertz CT molecular complexity index is 703. The fourth-order valence-electron chi connectivity index (χ4n) is 3.43. The molecule has 0 radical (unpaired) electrons. The van der Waals surface area contributed by atoms with Crippen LogP contribution in [0.15, 0.2) is 0 Å². The zero-order valence-corrected chi connectivity index (χ0v) is 20.4. The van der Waals surface area contributed by atoms with E-state index in [-0.39, 0.29) is 13.0 Å². The molecular weight excluding hydrogens is 492 g/mol. The van der Waals surface area contributed by atoms with Crippen molar-refractivity contribution >= 4 is 29.6 Å². The monoisotopic (exact) mass is 528 g/mol. The number of carboxylic acid groups (broad SMARTS) is 1. The van der Waals surface area contributed by atoms with E-state index in [1.807, 2.05) is 0 Å². The summed E-state index contributed by atoms with van der Waals surface area (Å²) in [5.74, 6) is -4.51. The molecule has 15 heteroatoms. The smallest absolute Gasteiger partial charge is 0.325 e. The van der Waals surface area contributed by atoms with Crippen LogP contribution in [0.3, 0.4) is 0 Å². The highest BCUT2D eigenvalue weighted by molar-refractivity contribution is 6.15. The number of aliphatic hydroxyl groups is 5. The van der Waals surface area contributed by atoms with E-state index in [4.69, 9.17) is 21.6 Å². The van der Waals surface area contributed by atoms with Crippen molar-refractivity contribution in [2.75, 3.05) is 19.7 Å². The molecule has 14 nitrogen and oxygen atoms in total. The van der Waals surface area contributed by atoms with Crippen molar-refractivity contribution in [3.8, 4) is 0 Å². The predicted molar refractivity (Wildman–Crippen MR) is 122 cm³/mol. The van der Waals surface area contributed by atoms with Gasteiger partial charge < -0.3 is 51.3 Å². The van der Waals surface area contributed by atoms with Gasteiger partial charge in [0.25, 0.3) is 0 Å². The SMILES string of the molecule is C[C@H](NC(=O)[C@H](C)NC(=O)[C@H](CCCCNCCC1(O)O[C@H](CO)[C@H](O)[C@H](O)[C@H]1O)NCl)C(=O)O. The van der Waals surface area contributed by atoms with Crippen LogP contribution in [0.4, 0.5) is 0 Å². The highest BCUT2D eigenvalue weighted by atomic mass is 35.5. The van der Waals surface area contributed by atoms with E-state index >= 15 is 0 Å². The summed E-state index contributed by atoms with van der Waals surface area (Å²) < 4.78 is 5.18. The topological polar surface area (TPSA) is 230 Å². The van der Waals surface area contributed by atoms with Crippen LogP contribution in [-0.4, -0.2) is 116 Å². The van der Waals surface area contributed by atoms with E-state index in [0.29, 0.717) is 25.8 Å². The predicted octanol–water partition coefficient (Wildman–Crippen LogP) is -3.50. The van der Waals surface area contributed by atoms with Crippen LogP contribution >= 0.6 is 11.8 Å². The van der Waals surface area contributed by atoms with E-state index < -0.39 is 72.7 Å². The van der Waals surface area contributed by atoms with Crippen molar-refractivity contribution in [3.05, 3.63) is 0 Å². The highest BCUT2D eigenvalue weighted by Gasteiger charge is 2.52. The summed E-state index contributed by atoms with van der Waals surface area (Å²) in [7, 11) is 0. The standard InChI is InChI=1S/C20H37ClN4O10/c1-10(17(30)24-11(2)19(32)33)23-18(31)12(25-21)5-3-4-7-22-8-6-20(34)16(29)15(28)14(27)13(9-26)35-20/h10-16,22,25-29,34H,3-9H2,1-2H3,(H,23,31)(H,24,30)(H,32,33)/t10-,11-,12-,13+,14-,15-,16+,20?/m0/s1. The number of rotatable bonds is 15. The van der Waals surface area contributed by atoms with Gasteiger partial charge in [0.15, 0.2) is 5.79 Å². The molecule has 1 heterocycles. The number of carbonyl (C=O) groups is 3. The molecule has 1 aliphatic rings. The molecule has 10 N–H and O–H groups in total. The molecule has 1 aliphatic heterocycles. The molecule has 1 rings (SSSR count). The number of hydrogen-bond acceptors (Lipinski definition) is 11. The van der Waals surface area contributed by atoms with Crippen LogP contribution < -0.4 is 20.8 Å². The molecule has 35 heavy (non-hydrogen) atoms. The van der Waals surface area contributed by atoms with Crippen molar-refractivity contribution in [1.82, 2.24) is 20.8 Å². The summed E-state index contributed by atoms with van der Waals surface area (Å²) in [4.78, 5) is 37.4. The van der Waals surface area contributed by atoms with Crippen LogP contribution in [0.1, 0.15) is 39.5 Å². The number of ether oxygens (including phenoxy) is 1. The third kappa shape index (κ3) is 9.40. The number of halogens is 1. The lowest BCUT2D eigenvalue weighted by Gasteiger charge is -2.45. The minimum atomic E-state index is -2.14. The van der Waals surface area contributed by atoms with Gasteiger partial charge in [0.05, 0.1) is 6.61 Å². The number of carboxylic acids is 1. The average molecular weight is 529 g/mol. The largest absolute Gasteiger partial charge is 0.480 e. The van der Waals surface area contributed by atoms with Crippen molar-refractivity contribution in [2.45, 2.75) is 87.9 Å². The number of aliphatic hydroxyl groups excluding tert-OH is 4. The quantitative estimate of drug-likeness (QED) is 0.0737. The van der Waals surface area contributed by atoms with Gasteiger partial charge in [-0.2, -0.15) is 0 Å². The molecular formula is C20H37ClN4O10. The number of aliphatic carboxylic acids is 1. The van der Waals surface area contributed by atoms with Crippen molar-refractivity contribution in [2.24, 2.45) is 0 Å². The van der Waals surface area contributed by atoms with Gasteiger partial charge in [-0.25, -0.2) is 4.84 Å². The second kappa shape index (κ2) is 14.8. The van der Waals surface area contributed by atoms with E-state index in [0.717, 1.165) is 0 Å². The summed E-state index contributed by atoms with van der Waals surface area (Å²) in [6.45, 7) is 2.74. The number of unbranched alkanes of at least 4 members (excludes halogenated alkanes) is 1. The normalized spacial score (nSPS) is 29.1. The van der Waals surface area contributed by atoms with E-state index in [9.17, 15) is 39.9 Å². The lowest BCUT2D eigenvalue weighted by atomic mass is 9.91. The Labute approximate surface area is 208 Å². The second-order valence-corrected chi connectivity index (χ2v) is 8.78. The van der Waals surface area contributed by atoms with Gasteiger partial charge in [0.1, 0.15) is 42.5 Å². The van der Waals surface area contributed by atoms with Crippen molar-refractivity contribution in [1.29, 1.82) is 0 Å². The molecule has 204 valence electrons. The molecule has 1 fully saturated rings. The van der Waals surface area contributed by atoms with Crippen LogP contribution in [0.2, 0.25) is 0 Å². The first kappa shape index (κ1) is 31.4. The van der Waals surface area contributed by atoms with Gasteiger partial charge in [0, 0.05) is 13.0 Å². The Morgan fingerprint density at radius 2 is 1.63 bits per heavy atom. The molecule has 1 unspecified atom stereocenters. The van der Waals surface area contributed by atoms with Gasteiger partial charge in [-0.05, 0) is 45.0 Å². The Morgan fingerprint density at radius 1 is 1.00 bits per heavy atom. The second-order valence-electron chi connectivity index (χ2n) is 8.57. The first-order chi connectivity index (χ1) is 16.4. The number of carbonyl (C=O) groups excluding carboxylic acids is 2. The average Bonchev–Trinajstić information content (AvgIpc) is 2.81. The van der Waals surface area contributed by atoms with Crippen LogP contribution in [-0.2, 0) is 19.1 Å². The number of hydrogen-bond donors (Lipinski definition) is 10. The number of nitrogens with one attached hydrogen (secondary N) is 4. The molecule has 8 atom stereocenters. The fraction of sp³-hybridized carbons (Fsp3) is 0.850. The van der Waals surface area contributed by atoms with Crippen molar-refractivity contribution in [3.63, 3.8) is 0 Å². The Hall–Kier alpha value is -1.62. The van der Waals surface area contributed by atoms with Gasteiger partial charge in [-0.3, -0.25) is 14.4 Å². The lowest BCUT2D eigenvalue weighted by molar-refractivity contribution is -0.350. The molecule has 0 aromatic rings.